The molecule has 18 heavy (non-hydrogen) atoms. The summed E-state index contributed by atoms with van der Waals surface area (Å²) in [4.78, 5) is 14.0. The molecule has 1 fully saturated rings. The molecule has 4 nitrogen and oxygen atoms in total. The average Bonchev–Trinajstić information content (AvgIpc) is 3.09. The summed E-state index contributed by atoms with van der Waals surface area (Å²) in [5, 5.41) is 0. The van der Waals surface area contributed by atoms with Crippen LogP contribution < -0.4 is 0 Å². The van der Waals surface area contributed by atoms with Gasteiger partial charge < -0.3 is 9.15 Å². The van der Waals surface area contributed by atoms with E-state index in [0.29, 0.717) is 30.5 Å². The molecule has 0 amide bonds. The van der Waals surface area contributed by atoms with Crippen molar-refractivity contribution in [2.45, 2.75) is 39.3 Å². The van der Waals surface area contributed by atoms with Crippen LogP contribution in [0.25, 0.3) is 0 Å². The highest BCUT2D eigenvalue weighted by molar-refractivity contribution is 5.90. The van der Waals surface area contributed by atoms with Gasteiger partial charge in [-0.05, 0) is 45.7 Å². The number of hydrogen-bond donors (Lipinski definition) is 0. The molecule has 0 aromatic carbocycles. The fraction of sp³-hybridized carbons (Fsp3) is 0.643. The molecule has 1 atom stereocenters. The van der Waals surface area contributed by atoms with Crippen molar-refractivity contribution in [3.05, 3.63) is 23.7 Å². The number of ether oxygens (including phenoxy) is 1. The molecule has 0 radical (unpaired) electrons. The van der Waals surface area contributed by atoms with Gasteiger partial charge in [0.05, 0.1) is 19.4 Å². The maximum Gasteiger partial charge on any atom is 0.341 e. The molecule has 100 valence electrons. The van der Waals surface area contributed by atoms with E-state index in [4.69, 9.17) is 9.15 Å². The van der Waals surface area contributed by atoms with E-state index in [1.807, 2.05) is 0 Å². The van der Waals surface area contributed by atoms with Gasteiger partial charge >= 0.3 is 5.97 Å². The molecule has 1 aliphatic carbocycles. The molecule has 0 saturated heterocycles. The summed E-state index contributed by atoms with van der Waals surface area (Å²) in [6, 6.07) is 2.22. The maximum atomic E-state index is 11.7. The molecule has 2 rings (SSSR count). The summed E-state index contributed by atoms with van der Waals surface area (Å²) >= 11 is 0. The summed E-state index contributed by atoms with van der Waals surface area (Å²) in [5.41, 5.74) is 0.548. The van der Waals surface area contributed by atoms with Crippen LogP contribution in [0.15, 0.2) is 16.7 Å². The SMILES string of the molecule is CCOC(=O)c1ccoc1CN(C)[C@@H](C)C1CC1. The predicted molar refractivity (Wildman–Crippen MR) is 68.3 cm³/mol. The van der Waals surface area contributed by atoms with Crippen LogP contribution in [0.1, 0.15) is 42.8 Å². The monoisotopic (exact) mass is 251 g/mol. The zero-order valence-corrected chi connectivity index (χ0v) is 11.3. The third kappa shape index (κ3) is 2.93. The number of hydrogen-bond acceptors (Lipinski definition) is 4. The van der Waals surface area contributed by atoms with E-state index in [9.17, 15) is 4.79 Å². The minimum atomic E-state index is -0.297. The lowest BCUT2D eigenvalue weighted by atomic mass is 10.1. The van der Waals surface area contributed by atoms with E-state index < -0.39 is 0 Å². The molecule has 4 heteroatoms. The maximum absolute atomic E-state index is 11.7. The van der Waals surface area contributed by atoms with Gasteiger partial charge in [0.25, 0.3) is 0 Å². The second kappa shape index (κ2) is 5.57. The molecule has 0 spiro atoms. The Morgan fingerprint density at radius 2 is 2.33 bits per heavy atom. The van der Waals surface area contributed by atoms with Gasteiger partial charge in [0.1, 0.15) is 11.3 Å². The van der Waals surface area contributed by atoms with Crippen LogP contribution in [0.5, 0.6) is 0 Å². The predicted octanol–water partition coefficient (Wildman–Crippen LogP) is 2.69. The van der Waals surface area contributed by atoms with Crippen molar-refractivity contribution < 1.29 is 13.9 Å². The normalized spacial score (nSPS) is 16.9. The summed E-state index contributed by atoms with van der Waals surface area (Å²) in [6.45, 7) is 5.07. The van der Waals surface area contributed by atoms with Gasteiger partial charge in [-0.25, -0.2) is 4.79 Å². The van der Waals surface area contributed by atoms with Crippen LogP contribution in [-0.4, -0.2) is 30.6 Å². The van der Waals surface area contributed by atoms with E-state index in [1.54, 1.807) is 19.3 Å². The largest absolute Gasteiger partial charge is 0.467 e. The van der Waals surface area contributed by atoms with E-state index >= 15 is 0 Å². The Hall–Kier alpha value is -1.29. The first kappa shape index (κ1) is 13.1. The molecule has 1 saturated carbocycles. The first-order valence-corrected chi connectivity index (χ1v) is 6.57. The fourth-order valence-corrected chi connectivity index (χ4v) is 2.16. The van der Waals surface area contributed by atoms with Gasteiger partial charge in [-0.2, -0.15) is 0 Å². The Morgan fingerprint density at radius 1 is 1.61 bits per heavy atom. The summed E-state index contributed by atoms with van der Waals surface area (Å²) in [6.07, 6.45) is 4.18. The lowest BCUT2D eigenvalue weighted by molar-refractivity contribution is 0.0521. The van der Waals surface area contributed by atoms with E-state index in [1.165, 1.54) is 12.8 Å². The lowest BCUT2D eigenvalue weighted by Crippen LogP contribution is -2.30. The Morgan fingerprint density at radius 3 is 2.94 bits per heavy atom. The molecule has 0 bridgehead atoms. The van der Waals surface area contributed by atoms with Crippen molar-refractivity contribution in [3.63, 3.8) is 0 Å². The third-order valence-corrected chi connectivity index (χ3v) is 3.63. The van der Waals surface area contributed by atoms with Crippen molar-refractivity contribution in [2.24, 2.45) is 5.92 Å². The number of carbonyl (C=O) groups excluding carboxylic acids is 1. The van der Waals surface area contributed by atoms with Gasteiger partial charge in [-0.3, -0.25) is 4.90 Å². The zero-order chi connectivity index (χ0) is 13.1. The summed E-state index contributed by atoms with van der Waals surface area (Å²) in [5.74, 6) is 1.20. The van der Waals surface area contributed by atoms with E-state index in [2.05, 4.69) is 18.9 Å². The lowest BCUT2D eigenvalue weighted by Gasteiger charge is -2.23. The van der Waals surface area contributed by atoms with Gasteiger partial charge in [0.15, 0.2) is 0 Å². The quantitative estimate of drug-likeness (QED) is 0.729. The van der Waals surface area contributed by atoms with Crippen molar-refractivity contribution in [1.29, 1.82) is 0 Å². The molecule has 1 aliphatic rings. The molecule has 1 heterocycles. The molecule has 1 aromatic heterocycles. The van der Waals surface area contributed by atoms with Gasteiger partial charge in [-0.15, -0.1) is 0 Å². The van der Waals surface area contributed by atoms with E-state index in [0.717, 1.165) is 5.92 Å². The second-order valence-electron chi connectivity index (χ2n) is 4.97. The first-order valence-electron chi connectivity index (χ1n) is 6.57. The van der Waals surface area contributed by atoms with Crippen molar-refractivity contribution in [3.8, 4) is 0 Å². The molecular formula is C14H21NO3. The Balaban J connectivity index is 2.00. The number of rotatable bonds is 6. The molecular weight excluding hydrogens is 230 g/mol. The van der Waals surface area contributed by atoms with Crippen LogP contribution in [0.2, 0.25) is 0 Å². The summed E-state index contributed by atoms with van der Waals surface area (Å²) in [7, 11) is 2.07. The first-order chi connectivity index (χ1) is 8.63. The minimum absolute atomic E-state index is 0.297. The highest BCUT2D eigenvalue weighted by Gasteiger charge is 2.31. The van der Waals surface area contributed by atoms with Crippen molar-refractivity contribution >= 4 is 5.97 Å². The topological polar surface area (TPSA) is 42.7 Å². The number of furan rings is 1. The van der Waals surface area contributed by atoms with Gasteiger partial charge in [0.2, 0.25) is 0 Å². The van der Waals surface area contributed by atoms with Gasteiger partial charge in [0, 0.05) is 6.04 Å². The van der Waals surface area contributed by atoms with Crippen LogP contribution >= 0.6 is 0 Å². The Bertz CT molecular complexity index is 409. The van der Waals surface area contributed by atoms with E-state index in [-0.39, 0.29) is 5.97 Å². The zero-order valence-electron chi connectivity index (χ0n) is 11.3. The van der Waals surface area contributed by atoms with Crippen molar-refractivity contribution in [1.82, 2.24) is 4.90 Å². The number of nitrogens with zero attached hydrogens (tertiary/aromatic N) is 1. The van der Waals surface area contributed by atoms with Crippen molar-refractivity contribution in [2.75, 3.05) is 13.7 Å². The van der Waals surface area contributed by atoms with Gasteiger partial charge in [-0.1, -0.05) is 0 Å². The average molecular weight is 251 g/mol. The highest BCUT2D eigenvalue weighted by Crippen LogP contribution is 2.35. The van der Waals surface area contributed by atoms with Crippen LogP contribution in [0.3, 0.4) is 0 Å². The number of carbonyl (C=O) groups is 1. The van der Waals surface area contributed by atoms with Crippen LogP contribution in [-0.2, 0) is 11.3 Å². The second-order valence-corrected chi connectivity index (χ2v) is 4.97. The Labute approximate surface area is 108 Å². The van der Waals surface area contributed by atoms with Crippen LogP contribution in [0, 0.1) is 5.92 Å². The highest BCUT2D eigenvalue weighted by atomic mass is 16.5. The molecule has 0 unspecified atom stereocenters. The Kier molecular flexibility index (Phi) is 4.07. The minimum Gasteiger partial charge on any atom is -0.467 e. The molecule has 0 aliphatic heterocycles. The fourth-order valence-electron chi connectivity index (χ4n) is 2.16. The van der Waals surface area contributed by atoms with Crippen LogP contribution in [0.4, 0.5) is 0 Å². The standard InChI is InChI=1S/C14H21NO3/c1-4-17-14(16)12-7-8-18-13(12)9-15(3)10(2)11-5-6-11/h7-8,10-11H,4-6,9H2,1-3H3/t10-/m0/s1. The third-order valence-electron chi connectivity index (χ3n) is 3.63. The summed E-state index contributed by atoms with van der Waals surface area (Å²) < 4.78 is 10.4. The number of esters is 1. The smallest absolute Gasteiger partial charge is 0.341 e. The molecule has 0 N–H and O–H groups in total. The molecule has 1 aromatic rings.